The van der Waals surface area contributed by atoms with E-state index in [1.54, 1.807) is 17.0 Å². The SMILES string of the molecule is CCCOc1ccc(C(=O)N2CC[C@@H](O)C2)cc1. The summed E-state index contributed by atoms with van der Waals surface area (Å²) in [5.41, 5.74) is 0.646. The van der Waals surface area contributed by atoms with E-state index in [2.05, 4.69) is 6.92 Å². The minimum atomic E-state index is -0.374. The first-order chi connectivity index (χ1) is 8.70. The molecule has 4 heteroatoms. The maximum Gasteiger partial charge on any atom is 0.253 e. The first kappa shape index (κ1) is 12.9. The van der Waals surface area contributed by atoms with Crippen LogP contribution < -0.4 is 4.74 Å². The molecule has 1 atom stereocenters. The monoisotopic (exact) mass is 249 g/mol. The number of ether oxygens (including phenoxy) is 1. The maximum absolute atomic E-state index is 12.1. The summed E-state index contributed by atoms with van der Waals surface area (Å²) >= 11 is 0. The molecule has 18 heavy (non-hydrogen) atoms. The fraction of sp³-hybridized carbons (Fsp3) is 0.500. The van der Waals surface area contributed by atoms with Crippen molar-refractivity contribution in [3.63, 3.8) is 0 Å². The third-order valence-corrected chi connectivity index (χ3v) is 3.02. The van der Waals surface area contributed by atoms with Crippen LogP contribution in [-0.4, -0.2) is 41.7 Å². The van der Waals surface area contributed by atoms with Crippen molar-refractivity contribution in [3.05, 3.63) is 29.8 Å². The van der Waals surface area contributed by atoms with Crippen molar-refractivity contribution in [2.24, 2.45) is 0 Å². The Bertz CT molecular complexity index is 402. The normalized spacial score (nSPS) is 19.0. The van der Waals surface area contributed by atoms with Gasteiger partial charge in [-0.05, 0) is 37.1 Å². The molecule has 2 rings (SSSR count). The molecule has 98 valence electrons. The second kappa shape index (κ2) is 5.87. The molecular formula is C14H19NO3. The summed E-state index contributed by atoms with van der Waals surface area (Å²) in [4.78, 5) is 13.8. The Labute approximate surface area is 107 Å². The molecule has 1 saturated heterocycles. The molecule has 0 unspecified atom stereocenters. The lowest BCUT2D eigenvalue weighted by molar-refractivity contribution is 0.0765. The lowest BCUT2D eigenvalue weighted by Crippen LogP contribution is -2.29. The highest BCUT2D eigenvalue weighted by atomic mass is 16.5. The standard InChI is InChI=1S/C14H19NO3/c1-2-9-18-13-5-3-11(4-6-13)14(17)15-8-7-12(16)10-15/h3-6,12,16H,2,7-10H2,1H3/t12-/m1/s1. The largest absolute Gasteiger partial charge is 0.494 e. The van der Waals surface area contributed by atoms with E-state index in [0.29, 0.717) is 31.7 Å². The summed E-state index contributed by atoms with van der Waals surface area (Å²) in [6.45, 7) is 3.81. The van der Waals surface area contributed by atoms with Crippen molar-refractivity contribution in [1.82, 2.24) is 4.90 Å². The molecular weight excluding hydrogens is 230 g/mol. The van der Waals surface area contributed by atoms with E-state index >= 15 is 0 Å². The van der Waals surface area contributed by atoms with Crippen LogP contribution in [0.15, 0.2) is 24.3 Å². The fourth-order valence-corrected chi connectivity index (χ4v) is 2.02. The number of hydrogen-bond acceptors (Lipinski definition) is 3. The predicted octanol–water partition coefficient (Wildman–Crippen LogP) is 1.68. The van der Waals surface area contributed by atoms with E-state index in [9.17, 15) is 9.90 Å². The first-order valence-electron chi connectivity index (χ1n) is 6.41. The van der Waals surface area contributed by atoms with E-state index in [4.69, 9.17) is 4.74 Å². The van der Waals surface area contributed by atoms with Crippen LogP contribution in [0.25, 0.3) is 0 Å². The molecule has 1 aromatic carbocycles. The van der Waals surface area contributed by atoms with Crippen molar-refractivity contribution in [1.29, 1.82) is 0 Å². The third kappa shape index (κ3) is 3.01. The van der Waals surface area contributed by atoms with Crippen LogP contribution in [0, 0.1) is 0 Å². The van der Waals surface area contributed by atoms with Crippen LogP contribution in [0.4, 0.5) is 0 Å². The third-order valence-electron chi connectivity index (χ3n) is 3.02. The van der Waals surface area contributed by atoms with Crippen LogP contribution in [0.2, 0.25) is 0 Å². The molecule has 1 aromatic rings. The molecule has 1 amide bonds. The minimum Gasteiger partial charge on any atom is -0.494 e. The minimum absolute atomic E-state index is 0.0198. The molecule has 1 aliphatic rings. The highest BCUT2D eigenvalue weighted by Gasteiger charge is 2.25. The van der Waals surface area contributed by atoms with Crippen LogP contribution in [0.1, 0.15) is 30.1 Å². The number of nitrogens with zero attached hydrogens (tertiary/aromatic N) is 1. The lowest BCUT2D eigenvalue weighted by atomic mass is 10.2. The quantitative estimate of drug-likeness (QED) is 0.883. The highest BCUT2D eigenvalue weighted by Crippen LogP contribution is 2.17. The van der Waals surface area contributed by atoms with Gasteiger partial charge in [0.15, 0.2) is 0 Å². The Morgan fingerprint density at radius 1 is 1.44 bits per heavy atom. The maximum atomic E-state index is 12.1. The van der Waals surface area contributed by atoms with Crippen LogP contribution >= 0.6 is 0 Å². The van der Waals surface area contributed by atoms with Gasteiger partial charge in [-0.15, -0.1) is 0 Å². The predicted molar refractivity (Wildman–Crippen MR) is 68.8 cm³/mol. The topological polar surface area (TPSA) is 49.8 Å². The molecule has 1 fully saturated rings. The van der Waals surface area contributed by atoms with Crippen LogP contribution in [0.5, 0.6) is 5.75 Å². The molecule has 0 spiro atoms. The number of amides is 1. The van der Waals surface area contributed by atoms with Gasteiger partial charge < -0.3 is 14.7 Å². The average Bonchev–Trinajstić information content (AvgIpc) is 2.83. The summed E-state index contributed by atoms with van der Waals surface area (Å²) in [5.74, 6) is 0.767. The van der Waals surface area contributed by atoms with Gasteiger partial charge in [0.05, 0.1) is 12.7 Å². The summed E-state index contributed by atoms with van der Waals surface area (Å²) in [7, 11) is 0. The molecule has 1 heterocycles. The van der Waals surface area contributed by atoms with E-state index < -0.39 is 0 Å². The van der Waals surface area contributed by atoms with Gasteiger partial charge >= 0.3 is 0 Å². The zero-order valence-electron chi connectivity index (χ0n) is 10.6. The Balaban J connectivity index is 1.98. The molecule has 0 bridgehead atoms. The van der Waals surface area contributed by atoms with Crippen molar-refractivity contribution < 1.29 is 14.6 Å². The van der Waals surface area contributed by atoms with Gasteiger partial charge in [-0.3, -0.25) is 4.79 Å². The number of carbonyl (C=O) groups excluding carboxylic acids is 1. The number of β-amino-alcohol motifs (C(OH)–C–C–N with tert-alkyl or cyclic N) is 1. The van der Waals surface area contributed by atoms with Crippen LogP contribution in [0.3, 0.4) is 0 Å². The summed E-state index contributed by atoms with van der Waals surface area (Å²) in [5, 5.41) is 9.42. The van der Waals surface area contributed by atoms with E-state index in [-0.39, 0.29) is 12.0 Å². The number of likely N-dealkylation sites (tertiary alicyclic amines) is 1. The fourth-order valence-electron chi connectivity index (χ4n) is 2.02. The second-order valence-electron chi connectivity index (χ2n) is 4.57. The van der Waals surface area contributed by atoms with Crippen molar-refractivity contribution in [3.8, 4) is 5.75 Å². The average molecular weight is 249 g/mol. The smallest absolute Gasteiger partial charge is 0.253 e. The van der Waals surface area contributed by atoms with E-state index in [0.717, 1.165) is 12.2 Å². The Morgan fingerprint density at radius 3 is 2.72 bits per heavy atom. The highest BCUT2D eigenvalue weighted by molar-refractivity contribution is 5.94. The number of aliphatic hydroxyl groups is 1. The van der Waals surface area contributed by atoms with Crippen molar-refractivity contribution >= 4 is 5.91 Å². The molecule has 1 N–H and O–H groups in total. The first-order valence-corrected chi connectivity index (χ1v) is 6.41. The van der Waals surface area contributed by atoms with Crippen molar-refractivity contribution in [2.45, 2.75) is 25.9 Å². The van der Waals surface area contributed by atoms with E-state index in [1.165, 1.54) is 0 Å². The van der Waals surface area contributed by atoms with Crippen molar-refractivity contribution in [2.75, 3.05) is 19.7 Å². The van der Waals surface area contributed by atoms with Gasteiger partial charge in [0.25, 0.3) is 5.91 Å². The zero-order valence-corrected chi connectivity index (χ0v) is 10.6. The van der Waals surface area contributed by atoms with E-state index in [1.807, 2.05) is 12.1 Å². The molecule has 4 nitrogen and oxygen atoms in total. The van der Waals surface area contributed by atoms with Gasteiger partial charge in [-0.1, -0.05) is 6.92 Å². The Kier molecular flexibility index (Phi) is 4.20. The summed E-state index contributed by atoms with van der Waals surface area (Å²) in [6.07, 6.45) is 1.26. The number of benzene rings is 1. The van der Waals surface area contributed by atoms with Crippen LogP contribution in [-0.2, 0) is 0 Å². The zero-order chi connectivity index (χ0) is 13.0. The Morgan fingerprint density at radius 2 is 2.17 bits per heavy atom. The molecule has 0 aromatic heterocycles. The molecule has 1 aliphatic heterocycles. The number of hydrogen-bond donors (Lipinski definition) is 1. The van der Waals surface area contributed by atoms with Gasteiger partial charge in [-0.25, -0.2) is 0 Å². The van der Waals surface area contributed by atoms with Gasteiger partial charge in [0.2, 0.25) is 0 Å². The lowest BCUT2D eigenvalue weighted by Gasteiger charge is -2.15. The molecule has 0 aliphatic carbocycles. The van der Waals surface area contributed by atoms with Gasteiger partial charge in [-0.2, -0.15) is 0 Å². The molecule has 0 saturated carbocycles. The summed E-state index contributed by atoms with van der Waals surface area (Å²) < 4.78 is 5.47. The number of aliphatic hydroxyl groups excluding tert-OH is 1. The van der Waals surface area contributed by atoms with Gasteiger partial charge in [0, 0.05) is 18.7 Å². The molecule has 0 radical (unpaired) electrons. The Hall–Kier alpha value is -1.55. The second-order valence-corrected chi connectivity index (χ2v) is 4.57. The number of rotatable bonds is 4. The number of carbonyl (C=O) groups is 1. The van der Waals surface area contributed by atoms with Gasteiger partial charge in [0.1, 0.15) is 5.75 Å². The summed E-state index contributed by atoms with van der Waals surface area (Å²) in [6, 6.07) is 7.18.